The van der Waals surface area contributed by atoms with Gasteiger partial charge in [-0.2, -0.15) is 0 Å². The van der Waals surface area contributed by atoms with E-state index in [4.69, 9.17) is 4.74 Å². The van der Waals surface area contributed by atoms with Gasteiger partial charge in [-0.1, -0.05) is 12.1 Å². The molecule has 27 heavy (non-hydrogen) atoms. The number of aliphatic hydroxyl groups is 1. The summed E-state index contributed by atoms with van der Waals surface area (Å²) >= 11 is 0. The Morgan fingerprint density at radius 3 is 2.59 bits per heavy atom. The summed E-state index contributed by atoms with van der Waals surface area (Å²) in [7, 11) is 1.25. The van der Waals surface area contributed by atoms with Gasteiger partial charge < -0.3 is 19.5 Å². The van der Waals surface area contributed by atoms with Crippen molar-refractivity contribution in [3.8, 4) is 0 Å². The smallest absolute Gasteiger partial charge is 0.410 e. The minimum absolute atomic E-state index is 0.216. The highest BCUT2D eigenvalue weighted by atomic mass is 19.1. The lowest BCUT2D eigenvalue weighted by atomic mass is 9.91. The summed E-state index contributed by atoms with van der Waals surface area (Å²) in [5.41, 5.74) is 1.23. The van der Waals surface area contributed by atoms with E-state index < -0.39 is 29.6 Å². The molecule has 148 valence electrons. The number of esters is 1. The summed E-state index contributed by atoms with van der Waals surface area (Å²) in [5, 5.41) is 10.4. The zero-order valence-corrected chi connectivity index (χ0v) is 16.1. The van der Waals surface area contributed by atoms with Gasteiger partial charge in [0, 0.05) is 13.1 Å². The molecule has 0 saturated heterocycles. The van der Waals surface area contributed by atoms with Crippen LogP contribution in [0.2, 0.25) is 0 Å². The maximum Gasteiger partial charge on any atom is 0.410 e. The average molecular weight is 379 g/mol. The number of halogens is 1. The Kier molecular flexibility index (Phi) is 6.59. The molecule has 0 aromatic heterocycles. The number of benzene rings is 1. The fraction of sp³-hybridized carbons (Fsp3) is 0.500. The van der Waals surface area contributed by atoms with Crippen LogP contribution in [0.3, 0.4) is 0 Å². The fourth-order valence-electron chi connectivity index (χ4n) is 2.85. The third kappa shape index (κ3) is 5.79. The van der Waals surface area contributed by atoms with Crippen molar-refractivity contribution in [3.05, 3.63) is 41.2 Å². The molecule has 1 aliphatic heterocycles. The lowest BCUT2D eigenvalue weighted by Gasteiger charge is -2.30. The molecular weight excluding hydrogens is 353 g/mol. The first-order chi connectivity index (χ1) is 12.6. The Labute approximate surface area is 158 Å². The Morgan fingerprint density at radius 2 is 2.04 bits per heavy atom. The number of ether oxygens (including phenoxy) is 2. The first kappa shape index (κ1) is 20.9. The molecule has 1 N–H and O–H groups in total. The molecule has 1 aliphatic rings. The second-order valence-electron chi connectivity index (χ2n) is 7.43. The van der Waals surface area contributed by atoms with Gasteiger partial charge in [0.25, 0.3) is 0 Å². The van der Waals surface area contributed by atoms with E-state index in [1.165, 1.54) is 25.3 Å². The molecule has 1 aromatic carbocycles. The van der Waals surface area contributed by atoms with Gasteiger partial charge in [0.1, 0.15) is 11.4 Å². The van der Waals surface area contributed by atoms with Gasteiger partial charge >= 0.3 is 12.1 Å². The van der Waals surface area contributed by atoms with E-state index in [0.29, 0.717) is 30.6 Å². The van der Waals surface area contributed by atoms with Crippen LogP contribution >= 0.6 is 0 Å². The lowest BCUT2D eigenvalue weighted by molar-refractivity contribution is -0.142. The van der Waals surface area contributed by atoms with E-state index >= 15 is 0 Å². The highest BCUT2D eigenvalue weighted by Crippen LogP contribution is 2.31. The first-order valence-electron chi connectivity index (χ1n) is 8.82. The number of methoxy groups -OCH3 is 1. The fourth-order valence-corrected chi connectivity index (χ4v) is 2.85. The lowest BCUT2D eigenvalue weighted by Crippen LogP contribution is -2.39. The van der Waals surface area contributed by atoms with Crippen molar-refractivity contribution in [2.75, 3.05) is 20.2 Å². The topological polar surface area (TPSA) is 76.1 Å². The van der Waals surface area contributed by atoms with Crippen molar-refractivity contribution in [2.45, 2.75) is 45.3 Å². The summed E-state index contributed by atoms with van der Waals surface area (Å²) in [6, 6.07) is 4.06. The minimum Gasteiger partial charge on any atom is -0.469 e. The van der Waals surface area contributed by atoms with E-state index in [0.717, 1.165) is 5.57 Å². The first-order valence-corrected chi connectivity index (χ1v) is 8.82. The quantitative estimate of drug-likeness (QED) is 0.811. The number of hydrogen-bond acceptors (Lipinski definition) is 5. The molecule has 6 nitrogen and oxygen atoms in total. The van der Waals surface area contributed by atoms with E-state index in [9.17, 15) is 19.1 Å². The number of carbonyl (C=O) groups is 2. The number of nitrogens with zero attached hydrogens (tertiary/aromatic N) is 1. The van der Waals surface area contributed by atoms with Gasteiger partial charge in [0.05, 0.1) is 19.6 Å². The molecule has 2 rings (SSSR count). The molecule has 1 aromatic rings. The number of hydrogen-bond donors (Lipinski definition) is 1. The van der Waals surface area contributed by atoms with E-state index in [1.807, 2.05) is 6.08 Å². The van der Waals surface area contributed by atoms with Crippen molar-refractivity contribution < 1.29 is 28.6 Å². The third-order valence-corrected chi connectivity index (χ3v) is 4.17. The van der Waals surface area contributed by atoms with Crippen molar-refractivity contribution in [2.24, 2.45) is 0 Å². The summed E-state index contributed by atoms with van der Waals surface area (Å²) in [4.78, 5) is 25.2. The molecular formula is C20H26FNO5. The summed E-state index contributed by atoms with van der Waals surface area (Å²) in [6.45, 7) is 6.16. The van der Waals surface area contributed by atoms with Crippen LogP contribution in [0.4, 0.5) is 9.18 Å². The normalized spacial score (nSPS) is 15.8. The van der Waals surface area contributed by atoms with E-state index in [-0.39, 0.29) is 6.42 Å². The van der Waals surface area contributed by atoms with E-state index in [2.05, 4.69) is 4.74 Å². The monoisotopic (exact) mass is 379 g/mol. The summed E-state index contributed by atoms with van der Waals surface area (Å²) in [6.07, 6.45) is 0.588. The molecule has 0 spiro atoms. The van der Waals surface area contributed by atoms with Crippen LogP contribution in [-0.2, 0) is 14.3 Å². The van der Waals surface area contributed by atoms with Gasteiger partial charge in [0.2, 0.25) is 0 Å². The van der Waals surface area contributed by atoms with Crippen molar-refractivity contribution >= 4 is 17.6 Å². The van der Waals surface area contributed by atoms with Gasteiger partial charge in [-0.15, -0.1) is 0 Å². The standard InChI is InChI=1S/C20H26FNO5/c1-20(2,3)27-19(25)22-9-7-13(8-10-22)16-11-14(21)5-6-15(16)17(23)12-18(24)26-4/h5-7,11,17,23H,8-10,12H2,1-4H3. The van der Waals surface area contributed by atoms with Gasteiger partial charge in [-0.25, -0.2) is 9.18 Å². The Morgan fingerprint density at radius 1 is 1.33 bits per heavy atom. The average Bonchev–Trinajstić information content (AvgIpc) is 2.60. The van der Waals surface area contributed by atoms with Crippen molar-refractivity contribution in [1.82, 2.24) is 4.90 Å². The van der Waals surface area contributed by atoms with Gasteiger partial charge in [-0.3, -0.25) is 4.79 Å². The molecule has 0 bridgehead atoms. The van der Waals surface area contributed by atoms with E-state index in [1.54, 1.807) is 25.7 Å². The van der Waals surface area contributed by atoms with Crippen LogP contribution in [0.5, 0.6) is 0 Å². The summed E-state index contributed by atoms with van der Waals surface area (Å²) < 4.78 is 23.7. The molecule has 7 heteroatoms. The number of amides is 1. The molecule has 1 unspecified atom stereocenters. The van der Waals surface area contributed by atoms with Crippen molar-refractivity contribution in [1.29, 1.82) is 0 Å². The second kappa shape index (κ2) is 8.52. The molecule has 1 heterocycles. The van der Waals surface area contributed by atoms with Crippen molar-refractivity contribution in [3.63, 3.8) is 0 Å². The highest BCUT2D eigenvalue weighted by Gasteiger charge is 2.26. The highest BCUT2D eigenvalue weighted by molar-refractivity contribution is 5.75. The zero-order chi connectivity index (χ0) is 20.2. The van der Waals surface area contributed by atoms with Gasteiger partial charge in [0.15, 0.2) is 0 Å². The Hall–Kier alpha value is -2.41. The molecule has 0 aliphatic carbocycles. The predicted molar refractivity (Wildman–Crippen MR) is 98.4 cm³/mol. The van der Waals surface area contributed by atoms with Crippen LogP contribution < -0.4 is 0 Å². The number of rotatable bonds is 4. The van der Waals surface area contributed by atoms with Crippen LogP contribution in [0.25, 0.3) is 5.57 Å². The SMILES string of the molecule is COC(=O)CC(O)c1ccc(F)cc1C1=CCN(C(=O)OC(C)(C)C)CC1. The van der Waals surface area contributed by atoms with Crippen LogP contribution in [0.1, 0.15) is 50.8 Å². The third-order valence-electron chi connectivity index (χ3n) is 4.17. The molecule has 0 radical (unpaired) electrons. The Balaban J connectivity index is 2.20. The largest absolute Gasteiger partial charge is 0.469 e. The maximum absolute atomic E-state index is 13.8. The number of aliphatic hydroxyl groups excluding tert-OH is 1. The Bertz CT molecular complexity index is 738. The number of carbonyl (C=O) groups excluding carboxylic acids is 2. The molecule has 1 amide bonds. The molecule has 0 fully saturated rings. The van der Waals surface area contributed by atoms with Crippen LogP contribution in [-0.4, -0.2) is 47.9 Å². The molecule has 1 atom stereocenters. The minimum atomic E-state index is -1.10. The van der Waals surface area contributed by atoms with Crippen LogP contribution in [0, 0.1) is 5.82 Å². The predicted octanol–water partition coefficient (Wildman–Crippen LogP) is 3.45. The summed E-state index contributed by atoms with van der Waals surface area (Å²) in [5.74, 6) is -0.985. The van der Waals surface area contributed by atoms with Crippen LogP contribution in [0.15, 0.2) is 24.3 Å². The maximum atomic E-state index is 13.8. The molecule has 0 saturated carbocycles. The second-order valence-corrected chi connectivity index (χ2v) is 7.43. The van der Waals surface area contributed by atoms with Gasteiger partial charge in [-0.05, 0) is 56.0 Å². The zero-order valence-electron chi connectivity index (χ0n) is 16.1.